The minimum absolute atomic E-state index is 0.258. The van der Waals surface area contributed by atoms with Gasteiger partial charge in [-0.1, -0.05) is 28.1 Å². The smallest absolute Gasteiger partial charge is 0.227 e. The van der Waals surface area contributed by atoms with Crippen LogP contribution >= 0.6 is 15.9 Å². The second-order valence-corrected chi connectivity index (χ2v) is 6.37. The molecule has 3 rings (SSSR count). The second-order valence-electron chi connectivity index (χ2n) is 5.45. The highest BCUT2D eigenvalue weighted by Gasteiger charge is 2.32. The molecule has 1 heterocycles. The molecule has 1 aliphatic heterocycles. The molecule has 4 heteroatoms. The summed E-state index contributed by atoms with van der Waals surface area (Å²) in [6.07, 6.45) is 3.22. The van der Waals surface area contributed by atoms with Crippen LogP contribution in [0.2, 0.25) is 0 Å². The molecule has 3 nitrogen and oxygen atoms in total. The summed E-state index contributed by atoms with van der Waals surface area (Å²) in [6, 6.07) is 8.84. The van der Waals surface area contributed by atoms with Crippen molar-refractivity contribution in [2.75, 3.05) is 26.2 Å². The van der Waals surface area contributed by atoms with Crippen LogP contribution in [0.5, 0.6) is 0 Å². The topological polar surface area (TPSA) is 23.6 Å². The zero-order chi connectivity index (χ0) is 13.2. The molecule has 0 N–H and O–H groups in total. The van der Waals surface area contributed by atoms with Crippen LogP contribution in [0, 0.1) is 0 Å². The first-order valence-electron chi connectivity index (χ1n) is 6.98. The SMILES string of the molecule is O=C(Cc1cccc(Br)c1)N1CCN(C2CC2)CC1. The minimum atomic E-state index is 0.258. The third-order valence-corrected chi connectivity index (χ3v) is 4.47. The quantitative estimate of drug-likeness (QED) is 0.852. The highest BCUT2D eigenvalue weighted by atomic mass is 79.9. The van der Waals surface area contributed by atoms with E-state index in [4.69, 9.17) is 0 Å². The van der Waals surface area contributed by atoms with Gasteiger partial charge in [-0.2, -0.15) is 0 Å². The van der Waals surface area contributed by atoms with Gasteiger partial charge in [0.05, 0.1) is 6.42 Å². The molecule has 0 radical (unpaired) electrons. The zero-order valence-electron chi connectivity index (χ0n) is 11.0. The molecule has 0 aromatic heterocycles. The lowest BCUT2D eigenvalue weighted by atomic mass is 10.1. The highest BCUT2D eigenvalue weighted by Crippen LogP contribution is 2.27. The second kappa shape index (κ2) is 5.63. The lowest BCUT2D eigenvalue weighted by Gasteiger charge is -2.34. The number of halogens is 1. The number of hydrogen-bond acceptors (Lipinski definition) is 2. The predicted molar refractivity (Wildman–Crippen MR) is 79.0 cm³/mol. The summed E-state index contributed by atoms with van der Waals surface area (Å²) in [6.45, 7) is 3.89. The number of piperazine rings is 1. The van der Waals surface area contributed by atoms with Gasteiger partial charge in [-0.15, -0.1) is 0 Å². The molecule has 1 aromatic rings. The molecule has 2 fully saturated rings. The minimum Gasteiger partial charge on any atom is -0.340 e. The number of rotatable bonds is 3. The fourth-order valence-corrected chi connectivity index (χ4v) is 3.16. The third kappa shape index (κ3) is 3.37. The van der Waals surface area contributed by atoms with Crippen LogP contribution in [0.3, 0.4) is 0 Å². The molecule has 0 atom stereocenters. The molecule has 0 bridgehead atoms. The third-order valence-electron chi connectivity index (χ3n) is 3.97. The van der Waals surface area contributed by atoms with Crippen molar-refractivity contribution in [2.24, 2.45) is 0 Å². The molecule has 0 unspecified atom stereocenters. The Balaban J connectivity index is 1.53. The van der Waals surface area contributed by atoms with E-state index >= 15 is 0 Å². The summed E-state index contributed by atoms with van der Waals surface area (Å²) in [4.78, 5) is 16.8. The van der Waals surface area contributed by atoms with Gasteiger partial charge < -0.3 is 4.90 Å². The molecule has 102 valence electrons. The van der Waals surface area contributed by atoms with Gasteiger partial charge in [-0.25, -0.2) is 0 Å². The van der Waals surface area contributed by atoms with E-state index in [0.29, 0.717) is 6.42 Å². The van der Waals surface area contributed by atoms with Crippen molar-refractivity contribution < 1.29 is 4.79 Å². The van der Waals surface area contributed by atoms with E-state index in [-0.39, 0.29) is 5.91 Å². The fourth-order valence-electron chi connectivity index (χ4n) is 2.71. The Morgan fingerprint density at radius 1 is 1.21 bits per heavy atom. The Morgan fingerprint density at radius 2 is 1.95 bits per heavy atom. The summed E-state index contributed by atoms with van der Waals surface area (Å²) in [5.41, 5.74) is 1.09. The van der Waals surface area contributed by atoms with Gasteiger partial charge in [0.1, 0.15) is 0 Å². The Bertz CT molecular complexity index is 465. The lowest BCUT2D eigenvalue weighted by Crippen LogP contribution is -2.49. The van der Waals surface area contributed by atoms with Gasteiger partial charge in [0.15, 0.2) is 0 Å². The van der Waals surface area contributed by atoms with Gasteiger partial charge in [-0.05, 0) is 30.5 Å². The molecule has 19 heavy (non-hydrogen) atoms. The van der Waals surface area contributed by atoms with Crippen LogP contribution in [0.25, 0.3) is 0 Å². The maximum Gasteiger partial charge on any atom is 0.227 e. The molecule has 0 spiro atoms. The number of nitrogens with zero attached hydrogens (tertiary/aromatic N) is 2. The van der Waals surface area contributed by atoms with Crippen LogP contribution in [-0.2, 0) is 11.2 Å². The van der Waals surface area contributed by atoms with Crippen molar-refractivity contribution in [1.82, 2.24) is 9.80 Å². The summed E-state index contributed by atoms with van der Waals surface area (Å²) in [5, 5.41) is 0. The standard InChI is InChI=1S/C15H19BrN2O/c16-13-3-1-2-12(10-13)11-15(19)18-8-6-17(7-9-18)14-4-5-14/h1-3,10,14H,4-9,11H2. The number of carbonyl (C=O) groups is 1. The Labute approximate surface area is 122 Å². The molecular formula is C15H19BrN2O. The van der Waals surface area contributed by atoms with E-state index < -0.39 is 0 Å². The molecule has 1 aliphatic carbocycles. The van der Waals surface area contributed by atoms with Gasteiger partial charge in [-0.3, -0.25) is 9.69 Å². The number of amides is 1. The van der Waals surface area contributed by atoms with Gasteiger partial charge >= 0.3 is 0 Å². The van der Waals surface area contributed by atoms with Crippen molar-refractivity contribution in [3.05, 3.63) is 34.3 Å². The molecule has 1 amide bonds. The normalized spacial score (nSPS) is 20.6. The van der Waals surface area contributed by atoms with Crippen LogP contribution in [0.1, 0.15) is 18.4 Å². The van der Waals surface area contributed by atoms with E-state index in [0.717, 1.165) is 42.3 Å². The molecule has 1 saturated carbocycles. The van der Waals surface area contributed by atoms with Gasteiger partial charge in [0.2, 0.25) is 5.91 Å². The van der Waals surface area contributed by atoms with Crippen molar-refractivity contribution in [3.63, 3.8) is 0 Å². The maximum absolute atomic E-state index is 12.3. The molecule has 1 saturated heterocycles. The summed E-state index contributed by atoms with van der Waals surface area (Å²) in [7, 11) is 0. The first-order chi connectivity index (χ1) is 9.22. The maximum atomic E-state index is 12.3. The Kier molecular flexibility index (Phi) is 3.89. The fraction of sp³-hybridized carbons (Fsp3) is 0.533. The zero-order valence-corrected chi connectivity index (χ0v) is 12.6. The number of carbonyl (C=O) groups excluding carboxylic acids is 1. The van der Waals surface area contributed by atoms with Crippen LogP contribution in [0.15, 0.2) is 28.7 Å². The molecule has 1 aromatic carbocycles. The monoisotopic (exact) mass is 322 g/mol. The predicted octanol–water partition coefficient (Wildman–Crippen LogP) is 2.30. The van der Waals surface area contributed by atoms with E-state index in [1.54, 1.807) is 0 Å². The summed E-state index contributed by atoms with van der Waals surface area (Å²) >= 11 is 3.45. The van der Waals surface area contributed by atoms with E-state index in [1.807, 2.05) is 29.2 Å². The average Bonchev–Trinajstić information content (AvgIpc) is 3.23. The summed E-state index contributed by atoms with van der Waals surface area (Å²) in [5.74, 6) is 0.258. The first-order valence-corrected chi connectivity index (χ1v) is 7.78. The lowest BCUT2D eigenvalue weighted by molar-refractivity contribution is -0.132. The summed E-state index contributed by atoms with van der Waals surface area (Å²) < 4.78 is 1.04. The van der Waals surface area contributed by atoms with Crippen LogP contribution in [0.4, 0.5) is 0 Å². The average molecular weight is 323 g/mol. The van der Waals surface area contributed by atoms with Crippen molar-refractivity contribution in [3.8, 4) is 0 Å². The van der Waals surface area contributed by atoms with Gasteiger partial charge in [0, 0.05) is 36.7 Å². The molecule has 2 aliphatic rings. The number of benzene rings is 1. The molecular weight excluding hydrogens is 304 g/mol. The van der Waals surface area contributed by atoms with E-state index in [2.05, 4.69) is 20.8 Å². The van der Waals surface area contributed by atoms with E-state index in [9.17, 15) is 4.79 Å². The number of hydrogen-bond donors (Lipinski definition) is 0. The Morgan fingerprint density at radius 3 is 2.58 bits per heavy atom. The first kappa shape index (κ1) is 13.1. The van der Waals surface area contributed by atoms with E-state index in [1.165, 1.54) is 12.8 Å². The highest BCUT2D eigenvalue weighted by molar-refractivity contribution is 9.10. The Hall–Kier alpha value is -0.870. The van der Waals surface area contributed by atoms with Crippen molar-refractivity contribution in [1.29, 1.82) is 0 Å². The van der Waals surface area contributed by atoms with Crippen LogP contribution < -0.4 is 0 Å². The largest absolute Gasteiger partial charge is 0.340 e. The van der Waals surface area contributed by atoms with Gasteiger partial charge in [0.25, 0.3) is 0 Å². The van der Waals surface area contributed by atoms with Crippen molar-refractivity contribution in [2.45, 2.75) is 25.3 Å². The van der Waals surface area contributed by atoms with Crippen LogP contribution in [-0.4, -0.2) is 47.9 Å². The van der Waals surface area contributed by atoms with Crippen molar-refractivity contribution >= 4 is 21.8 Å².